The van der Waals surface area contributed by atoms with Gasteiger partial charge >= 0.3 is 0 Å². The molecule has 176 valence electrons. The van der Waals surface area contributed by atoms with Gasteiger partial charge in [-0.3, -0.25) is 0 Å². The molecule has 4 aromatic carbocycles. The standard InChI is InChI=1S/C27H22FN3O4/c1-15-6-11-18(12-20(15)26(33)31-34)35-27-29-23-13-21(22(28)14-24(23)30-27)17-9-7-16(8-10-17)19-4-2-3-5-25(19)32/h2-14,26,31-34H,1H3,(H,29,30). The number of aromatic amines is 1. The van der Waals surface area contributed by atoms with E-state index in [9.17, 15) is 14.6 Å². The molecular weight excluding hydrogens is 449 g/mol. The van der Waals surface area contributed by atoms with Gasteiger partial charge in [-0.2, -0.15) is 10.5 Å². The lowest BCUT2D eigenvalue weighted by Gasteiger charge is -2.13. The second-order valence-corrected chi connectivity index (χ2v) is 8.14. The second kappa shape index (κ2) is 9.19. The summed E-state index contributed by atoms with van der Waals surface area (Å²) in [7, 11) is 0. The zero-order valence-corrected chi connectivity index (χ0v) is 18.7. The summed E-state index contributed by atoms with van der Waals surface area (Å²) in [6, 6.07) is 22.5. The number of phenols is 1. The summed E-state index contributed by atoms with van der Waals surface area (Å²) in [6.07, 6.45) is -1.26. The van der Waals surface area contributed by atoms with Crippen molar-refractivity contribution < 1.29 is 24.5 Å². The van der Waals surface area contributed by atoms with E-state index < -0.39 is 12.0 Å². The molecule has 0 saturated heterocycles. The smallest absolute Gasteiger partial charge is 0.300 e. The van der Waals surface area contributed by atoms with Crippen LogP contribution in [-0.4, -0.2) is 25.4 Å². The molecular formula is C27H22FN3O4. The molecule has 0 aliphatic rings. The van der Waals surface area contributed by atoms with E-state index in [1.54, 1.807) is 60.9 Å². The van der Waals surface area contributed by atoms with Crippen LogP contribution in [0.4, 0.5) is 4.39 Å². The first-order valence-corrected chi connectivity index (χ1v) is 10.9. The number of phenolic OH excluding ortho intramolecular Hbond substituents is 1. The zero-order chi connectivity index (χ0) is 24.5. The number of nitrogens with zero attached hydrogens (tertiary/aromatic N) is 1. The number of hydrogen-bond acceptors (Lipinski definition) is 6. The number of halogens is 1. The fourth-order valence-corrected chi connectivity index (χ4v) is 3.98. The molecule has 0 radical (unpaired) electrons. The van der Waals surface area contributed by atoms with E-state index in [4.69, 9.17) is 9.94 Å². The van der Waals surface area contributed by atoms with Gasteiger partial charge in [-0.05, 0) is 47.9 Å². The highest BCUT2D eigenvalue weighted by atomic mass is 19.1. The number of hydrogen-bond donors (Lipinski definition) is 5. The molecule has 5 aromatic rings. The van der Waals surface area contributed by atoms with Gasteiger partial charge in [0.1, 0.15) is 17.3 Å². The number of para-hydroxylation sites is 1. The number of imidazole rings is 1. The van der Waals surface area contributed by atoms with Crippen LogP contribution >= 0.6 is 0 Å². The minimum absolute atomic E-state index is 0.160. The van der Waals surface area contributed by atoms with Gasteiger partial charge in [0.15, 0.2) is 6.23 Å². The third-order valence-corrected chi connectivity index (χ3v) is 5.84. The van der Waals surface area contributed by atoms with Crippen molar-refractivity contribution in [3.05, 3.63) is 95.8 Å². The van der Waals surface area contributed by atoms with Crippen molar-refractivity contribution in [2.24, 2.45) is 0 Å². The number of aromatic nitrogens is 2. The predicted octanol–water partition coefficient (Wildman–Crippen LogP) is 5.81. The summed E-state index contributed by atoms with van der Waals surface area (Å²) in [5, 5.41) is 29.0. The van der Waals surface area contributed by atoms with Gasteiger partial charge in [0, 0.05) is 22.8 Å². The van der Waals surface area contributed by atoms with Crippen molar-refractivity contribution in [3.63, 3.8) is 0 Å². The Kier molecular flexibility index (Phi) is 5.92. The topological polar surface area (TPSA) is 111 Å². The summed E-state index contributed by atoms with van der Waals surface area (Å²) < 4.78 is 20.7. The molecule has 7 nitrogen and oxygen atoms in total. The average molecular weight is 471 g/mol. The van der Waals surface area contributed by atoms with Gasteiger partial charge < -0.3 is 25.1 Å². The van der Waals surface area contributed by atoms with Gasteiger partial charge in [-0.1, -0.05) is 48.5 Å². The van der Waals surface area contributed by atoms with Gasteiger partial charge in [-0.25, -0.2) is 4.39 Å². The molecule has 5 rings (SSSR count). The first-order valence-electron chi connectivity index (χ1n) is 10.9. The molecule has 1 atom stereocenters. The number of ether oxygens (including phenoxy) is 1. The maximum atomic E-state index is 15.0. The highest BCUT2D eigenvalue weighted by molar-refractivity contribution is 5.83. The monoisotopic (exact) mass is 471 g/mol. The third kappa shape index (κ3) is 4.45. The highest BCUT2D eigenvalue weighted by Crippen LogP contribution is 2.33. The van der Waals surface area contributed by atoms with Crippen molar-refractivity contribution in [1.29, 1.82) is 0 Å². The van der Waals surface area contributed by atoms with Crippen LogP contribution in [0.25, 0.3) is 33.3 Å². The number of rotatable bonds is 6. The first-order chi connectivity index (χ1) is 16.9. The molecule has 0 spiro atoms. The van der Waals surface area contributed by atoms with Gasteiger partial charge in [0.05, 0.1) is 11.0 Å². The number of aryl methyl sites for hydroxylation is 1. The quantitative estimate of drug-likeness (QED) is 0.158. The lowest BCUT2D eigenvalue weighted by atomic mass is 9.99. The Labute approximate surface area is 200 Å². The SMILES string of the molecule is Cc1ccc(Oc2nc3cc(-c4ccc(-c5ccccc5O)cc4)c(F)cc3[nH]2)cc1C(O)NO. The van der Waals surface area contributed by atoms with Crippen molar-refractivity contribution >= 4 is 11.0 Å². The summed E-state index contributed by atoms with van der Waals surface area (Å²) in [4.78, 5) is 7.37. The molecule has 0 bridgehead atoms. The molecule has 5 N–H and O–H groups in total. The van der Waals surface area contributed by atoms with Gasteiger partial charge in [-0.15, -0.1) is 0 Å². The number of nitrogens with one attached hydrogen (secondary N) is 2. The molecule has 0 aliphatic heterocycles. The van der Waals surface area contributed by atoms with Crippen LogP contribution in [0.3, 0.4) is 0 Å². The van der Waals surface area contributed by atoms with Crippen LogP contribution in [0.5, 0.6) is 17.5 Å². The molecule has 0 amide bonds. The molecule has 0 aliphatic carbocycles. The maximum absolute atomic E-state index is 15.0. The molecule has 8 heteroatoms. The number of aliphatic hydroxyl groups is 1. The Bertz CT molecular complexity index is 1520. The van der Waals surface area contributed by atoms with E-state index in [1.165, 1.54) is 6.07 Å². The first kappa shape index (κ1) is 22.5. The van der Waals surface area contributed by atoms with Crippen LogP contribution in [0, 0.1) is 12.7 Å². The van der Waals surface area contributed by atoms with E-state index in [1.807, 2.05) is 24.3 Å². The van der Waals surface area contributed by atoms with E-state index in [2.05, 4.69) is 9.97 Å². The summed E-state index contributed by atoms with van der Waals surface area (Å²) in [6.45, 7) is 1.79. The Hall–Kier alpha value is -4.24. The van der Waals surface area contributed by atoms with E-state index in [-0.39, 0.29) is 11.8 Å². The Morgan fingerprint density at radius 2 is 1.66 bits per heavy atom. The van der Waals surface area contributed by atoms with Crippen molar-refractivity contribution in [3.8, 4) is 39.8 Å². The summed E-state index contributed by atoms with van der Waals surface area (Å²) in [5.74, 6) is 0.150. The van der Waals surface area contributed by atoms with Crippen molar-refractivity contribution in [2.45, 2.75) is 13.2 Å². The average Bonchev–Trinajstić information content (AvgIpc) is 3.25. The Morgan fingerprint density at radius 1 is 0.943 bits per heavy atom. The summed E-state index contributed by atoms with van der Waals surface area (Å²) in [5.41, 5.74) is 6.57. The highest BCUT2D eigenvalue weighted by Gasteiger charge is 2.14. The second-order valence-electron chi connectivity index (χ2n) is 8.14. The zero-order valence-electron chi connectivity index (χ0n) is 18.7. The normalized spacial score (nSPS) is 12.1. The number of hydroxylamine groups is 1. The van der Waals surface area contributed by atoms with E-state index in [0.29, 0.717) is 39.0 Å². The van der Waals surface area contributed by atoms with Gasteiger partial charge in [0.2, 0.25) is 0 Å². The minimum Gasteiger partial charge on any atom is -0.507 e. The van der Waals surface area contributed by atoms with Crippen LogP contribution in [0.1, 0.15) is 17.4 Å². The largest absolute Gasteiger partial charge is 0.507 e. The lowest BCUT2D eigenvalue weighted by Crippen LogP contribution is -2.17. The van der Waals surface area contributed by atoms with Crippen LogP contribution in [0.15, 0.2) is 78.9 Å². The number of benzene rings is 4. The molecule has 0 saturated carbocycles. The molecule has 35 heavy (non-hydrogen) atoms. The predicted molar refractivity (Wildman–Crippen MR) is 130 cm³/mol. The summed E-state index contributed by atoms with van der Waals surface area (Å²) >= 11 is 0. The third-order valence-electron chi connectivity index (χ3n) is 5.84. The number of aromatic hydroxyl groups is 1. The van der Waals surface area contributed by atoms with Crippen LogP contribution in [-0.2, 0) is 0 Å². The van der Waals surface area contributed by atoms with Gasteiger partial charge in [0.25, 0.3) is 6.01 Å². The number of fused-ring (bicyclic) bond motifs is 1. The molecule has 1 heterocycles. The fraction of sp³-hybridized carbons (Fsp3) is 0.0741. The van der Waals surface area contributed by atoms with E-state index in [0.717, 1.165) is 11.1 Å². The lowest BCUT2D eigenvalue weighted by molar-refractivity contribution is 0.000251. The molecule has 1 aromatic heterocycles. The maximum Gasteiger partial charge on any atom is 0.300 e. The van der Waals surface area contributed by atoms with Crippen LogP contribution in [0.2, 0.25) is 0 Å². The van der Waals surface area contributed by atoms with Crippen molar-refractivity contribution in [1.82, 2.24) is 15.4 Å². The number of H-pyrrole nitrogens is 1. The Balaban J connectivity index is 1.44. The fourth-order valence-electron chi connectivity index (χ4n) is 3.98. The molecule has 0 fully saturated rings. The van der Waals surface area contributed by atoms with Crippen molar-refractivity contribution in [2.75, 3.05) is 0 Å². The van der Waals surface area contributed by atoms with Crippen LogP contribution < -0.4 is 10.2 Å². The number of aliphatic hydroxyl groups excluding tert-OH is 1. The Morgan fingerprint density at radius 3 is 2.37 bits per heavy atom. The minimum atomic E-state index is -1.26. The van der Waals surface area contributed by atoms with E-state index >= 15 is 0 Å². The molecule has 1 unspecified atom stereocenters.